The molecule has 1 aromatic heterocycles. The van der Waals surface area contributed by atoms with Gasteiger partial charge in [0.1, 0.15) is 12.4 Å². The topological polar surface area (TPSA) is 55.5 Å². The van der Waals surface area contributed by atoms with E-state index in [9.17, 15) is 5.11 Å². The third-order valence-electron chi connectivity index (χ3n) is 2.67. The average Bonchev–Trinajstić information content (AvgIpc) is 2.90. The van der Waals surface area contributed by atoms with Crippen LogP contribution in [0.25, 0.3) is 0 Å². The molecule has 1 heterocycles. The first-order valence-corrected chi connectivity index (χ1v) is 6.86. The summed E-state index contributed by atoms with van der Waals surface area (Å²) in [5.74, 6) is 0.773. The Bertz CT molecular complexity index is 470. The zero-order valence-electron chi connectivity index (χ0n) is 10.1. The van der Waals surface area contributed by atoms with E-state index in [1.165, 1.54) is 0 Å². The minimum absolute atomic E-state index is 0.473. The van der Waals surface area contributed by atoms with Gasteiger partial charge in [0.2, 0.25) is 0 Å². The summed E-state index contributed by atoms with van der Waals surface area (Å²) in [4.78, 5) is 0. The summed E-state index contributed by atoms with van der Waals surface area (Å²) >= 11 is 1.66. The lowest BCUT2D eigenvalue weighted by Gasteiger charge is -2.11. The minimum atomic E-state index is -0.514. The molecule has 3 nitrogen and oxygen atoms in total. The van der Waals surface area contributed by atoms with Crippen LogP contribution in [0.4, 0.5) is 0 Å². The molecule has 0 aliphatic carbocycles. The van der Waals surface area contributed by atoms with Crippen LogP contribution in [0.2, 0.25) is 0 Å². The molecule has 1 unspecified atom stereocenters. The fourth-order valence-corrected chi connectivity index (χ4v) is 2.33. The zero-order chi connectivity index (χ0) is 12.8. The Balaban J connectivity index is 1.98. The monoisotopic (exact) mass is 263 g/mol. The molecule has 0 radical (unpaired) electrons. The molecule has 96 valence electrons. The van der Waals surface area contributed by atoms with E-state index in [1.54, 1.807) is 11.3 Å². The number of hydrogen-bond acceptors (Lipinski definition) is 4. The van der Waals surface area contributed by atoms with Crippen molar-refractivity contribution in [2.45, 2.75) is 19.1 Å². The highest BCUT2D eigenvalue weighted by atomic mass is 32.1. The maximum absolute atomic E-state index is 9.86. The lowest BCUT2D eigenvalue weighted by atomic mass is 10.1. The summed E-state index contributed by atoms with van der Waals surface area (Å²) in [5, 5.41) is 14.0. The molecule has 0 fully saturated rings. The highest BCUT2D eigenvalue weighted by molar-refractivity contribution is 7.07. The first-order chi connectivity index (χ1) is 8.79. The van der Waals surface area contributed by atoms with Crippen molar-refractivity contribution in [3.8, 4) is 5.75 Å². The van der Waals surface area contributed by atoms with Crippen LogP contribution < -0.4 is 10.5 Å². The third kappa shape index (κ3) is 3.57. The van der Waals surface area contributed by atoms with Crippen molar-refractivity contribution >= 4 is 11.3 Å². The van der Waals surface area contributed by atoms with Crippen LogP contribution in [0.15, 0.2) is 41.1 Å². The molecule has 0 spiro atoms. The van der Waals surface area contributed by atoms with E-state index in [4.69, 9.17) is 10.5 Å². The summed E-state index contributed by atoms with van der Waals surface area (Å²) in [7, 11) is 0. The molecule has 2 aromatic rings. The molecule has 3 N–H and O–H groups in total. The number of thiophene rings is 1. The van der Waals surface area contributed by atoms with Gasteiger partial charge in [-0.1, -0.05) is 12.1 Å². The van der Waals surface area contributed by atoms with E-state index >= 15 is 0 Å². The van der Waals surface area contributed by atoms with Gasteiger partial charge in [0.05, 0.1) is 6.10 Å². The number of aliphatic hydroxyl groups excluding tert-OH is 1. The molecule has 1 aromatic carbocycles. The SMILES string of the molecule is NCCC(O)c1cccc(OCc2ccsc2)c1. The van der Waals surface area contributed by atoms with Gasteiger partial charge in [-0.15, -0.1) is 0 Å². The lowest BCUT2D eigenvalue weighted by molar-refractivity contribution is 0.169. The van der Waals surface area contributed by atoms with Gasteiger partial charge < -0.3 is 15.6 Å². The van der Waals surface area contributed by atoms with Gasteiger partial charge in [0.15, 0.2) is 0 Å². The number of hydrogen-bond donors (Lipinski definition) is 2. The number of nitrogens with two attached hydrogens (primary N) is 1. The molecular weight excluding hydrogens is 246 g/mol. The predicted octanol–water partition coefficient (Wildman–Crippen LogP) is 2.71. The van der Waals surface area contributed by atoms with Crippen LogP contribution in [0.5, 0.6) is 5.75 Å². The predicted molar refractivity (Wildman–Crippen MR) is 73.7 cm³/mol. The molecule has 0 bridgehead atoms. The smallest absolute Gasteiger partial charge is 0.120 e. The molecule has 0 saturated heterocycles. The Kier molecular flexibility index (Phi) is 4.75. The summed E-state index contributed by atoms with van der Waals surface area (Å²) in [5.41, 5.74) is 7.45. The van der Waals surface area contributed by atoms with E-state index in [-0.39, 0.29) is 0 Å². The summed E-state index contributed by atoms with van der Waals surface area (Å²) < 4.78 is 5.68. The first-order valence-electron chi connectivity index (χ1n) is 5.91. The second-order valence-electron chi connectivity index (χ2n) is 4.09. The van der Waals surface area contributed by atoms with Crippen LogP contribution in [-0.2, 0) is 6.61 Å². The lowest BCUT2D eigenvalue weighted by Crippen LogP contribution is -2.06. The van der Waals surface area contributed by atoms with Crippen LogP contribution in [-0.4, -0.2) is 11.7 Å². The van der Waals surface area contributed by atoms with E-state index in [0.29, 0.717) is 19.6 Å². The first kappa shape index (κ1) is 13.1. The molecule has 2 rings (SSSR count). The highest BCUT2D eigenvalue weighted by Crippen LogP contribution is 2.22. The molecule has 18 heavy (non-hydrogen) atoms. The van der Waals surface area contributed by atoms with Crippen LogP contribution in [0, 0.1) is 0 Å². The van der Waals surface area contributed by atoms with Gasteiger partial charge in [0.25, 0.3) is 0 Å². The Morgan fingerprint density at radius 1 is 1.33 bits per heavy atom. The van der Waals surface area contributed by atoms with E-state index in [0.717, 1.165) is 16.9 Å². The number of benzene rings is 1. The van der Waals surface area contributed by atoms with E-state index < -0.39 is 6.10 Å². The maximum atomic E-state index is 9.86. The van der Waals surface area contributed by atoms with Crippen molar-refractivity contribution in [1.29, 1.82) is 0 Å². The average molecular weight is 263 g/mol. The minimum Gasteiger partial charge on any atom is -0.489 e. The second-order valence-corrected chi connectivity index (χ2v) is 4.87. The van der Waals surface area contributed by atoms with Crippen LogP contribution >= 0.6 is 11.3 Å². The fourth-order valence-electron chi connectivity index (χ4n) is 1.68. The van der Waals surface area contributed by atoms with Crippen molar-refractivity contribution in [3.63, 3.8) is 0 Å². The number of aliphatic hydroxyl groups is 1. The van der Waals surface area contributed by atoms with Crippen LogP contribution in [0.1, 0.15) is 23.7 Å². The third-order valence-corrected chi connectivity index (χ3v) is 3.40. The number of rotatable bonds is 6. The van der Waals surface area contributed by atoms with E-state index in [2.05, 4.69) is 5.38 Å². The molecule has 0 amide bonds. The molecule has 4 heteroatoms. The summed E-state index contributed by atoms with van der Waals surface area (Å²) in [6, 6.07) is 9.57. The van der Waals surface area contributed by atoms with E-state index in [1.807, 2.05) is 35.7 Å². The Morgan fingerprint density at radius 2 is 2.22 bits per heavy atom. The Labute approximate surface area is 111 Å². The normalized spacial score (nSPS) is 12.3. The zero-order valence-corrected chi connectivity index (χ0v) is 10.9. The Hall–Kier alpha value is -1.36. The quantitative estimate of drug-likeness (QED) is 0.842. The molecular formula is C14H17NO2S. The number of ether oxygens (including phenoxy) is 1. The van der Waals surface area contributed by atoms with Gasteiger partial charge in [0, 0.05) is 0 Å². The molecule has 0 aliphatic heterocycles. The van der Waals surface area contributed by atoms with Gasteiger partial charge >= 0.3 is 0 Å². The van der Waals surface area contributed by atoms with Gasteiger partial charge in [-0.3, -0.25) is 0 Å². The van der Waals surface area contributed by atoms with Crippen molar-refractivity contribution in [2.75, 3.05) is 6.54 Å². The van der Waals surface area contributed by atoms with Crippen molar-refractivity contribution < 1.29 is 9.84 Å². The largest absolute Gasteiger partial charge is 0.489 e. The maximum Gasteiger partial charge on any atom is 0.120 e. The van der Waals surface area contributed by atoms with Gasteiger partial charge in [-0.2, -0.15) is 11.3 Å². The standard InChI is InChI=1S/C14H17NO2S/c15-6-4-14(16)12-2-1-3-13(8-12)17-9-11-5-7-18-10-11/h1-3,5,7-8,10,14,16H,4,6,9,15H2. The second kappa shape index (κ2) is 6.54. The van der Waals surface area contributed by atoms with Crippen molar-refractivity contribution in [2.24, 2.45) is 5.73 Å². The molecule has 1 atom stereocenters. The van der Waals surface area contributed by atoms with Crippen LogP contribution in [0.3, 0.4) is 0 Å². The summed E-state index contributed by atoms with van der Waals surface area (Å²) in [6.45, 7) is 1.03. The molecule has 0 saturated carbocycles. The van der Waals surface area contributed by atoms with Gasteiger partial charge in [-0.25, -0.2) is 0 Å². The highest BCUT2D eigenvalue weighted by Gasteiger charge is 2.07. The molecule has 0 aliphatic rings. The Morgan fingerprint density at radius 3 is 2.94 bits per heavy atom. The van der Waals surface area contributed by atoms with Crippen molar-refractivity contribution in [1.82, 2.24) is 0 Å². The van der Waals surface area contributed by atoms with Crippen molar-refractivity contribution in [3.05, 3.63) is 52.2 Å². The fraction of sp³-hybridized carbons (Fsp3) is 0.286. The summed E-state index contributed by atoms with van der Waals surface area (Å²) in [6.07, 6.45) is 0.0493. The van der Waals surface area contributed by atoms with Gasteiger partial charge in [-0.05, 0) is 53.1 Å².